The first-order valence-electron chi connectivity index (χ1n) is 26.0. The van der Waals surface area contributed by atoms with Gasteiger partial charge in [0.2, 0.25) is 53.2 Å². The van der Waals surface area contributed by atoms with Crippen LogP contribution in [-0.2, 0) is 64.0 Å². The van der Waals surface area contributed by atoms with E-state index in [0.717, 1.165) is 0 Å². The maximum Gasteiger partial charge on any atom is 0.326 e. The number of carboxylic acids is 3. The van der Waals surface area contributed by atoms with Gasteiger partial charge in [0.1, 0.15) is 54.4 Å². The Morgan fingerprint density at radius 1 is 0.562 bits per heavy atom. The van der Waals surface area contributed by atoms with Gasteiger partial charge in [0.25, 0.3) is 0 Å². The number of rotatable bonds is 40. The molecule has 9 amide bonds. The van der Waals surface area contributed by atoms with Crippen molar-refractivity contribution in [2.75, 3.05) is 37.5 Å². The minimum atomic E-state index is -1.84. The molecule has 0 aliphatic heterocycles. The predicted octanol–water partition coefficient (Wildman–Crippen LogP) is -3.77. The number of benzene rings is 1. The molecule has 18 N–H and O–H groups in total. The number of nitrogens with two attached hydrogens (primary N) is 2. The van der Waals surface area contributed by atoms with Gasteiger partial charge >= 0.3 is 17.9 Å². The zero-order valence-corrected chi connectivity index (χ0v) is 47.3. The highest BCUT2D eigenvalue weighted by Crippen LogP contribution is 2.13. The highest BCUT2D eigenvalue weighted by atomic mass is 32.2. The molecule has 0 radical (unpaired) electrons. The van der Waals surface area contributed by atoms with Crippen LogP contribution in [-0.4, -0.2) is 195 Å². The van der Waals surface area contributed by atoms with Crippen molar-refractivity contribution < 1.29 is 83.1 Å². The fourth-order valence-corrected chi connectivity index (χ4v) is 8.27. The van der Waals surface area contributed by atoms with Crippen molar-refractivity contribution in [2.45, 2.75) is 152 Å². The zero-order chi connectivity index (χ0) is 60.6. The molecule has 1 aromatic carbocycles. The van der Waals surface area contributed by atoms with Crippen LogP contribution in [0.1, 0.15) is 91.0 Å². The van der Waals surface area contributed by atoms with Crippen LogP contribution in [0.5, 0.6) is 0 Å². The first kappa shape index (κ1) is 71.4. The number of aliphatic hydroxyl groups is 2. The number of aliphatic hydroxyl groups excluding tert-OH is 2. The molecule has 0 fully saturated rings. The lowest BCUT2D eigenvalue weighted by molar-refractivity contribution is -0.142. The van der Waals surface area contributed by atoms with E-state index in [9.17, 15) is 78.0 Å². The third-order valence-corrected chi connectivity index (χ3v) is 13.3. The summed E-state index contributed by atoms with van der Waals surface area (Å²) in [5, 5.41) is 70.2. The summed E-state index contributed by atoms with van der Waals surface area (Å²) in [6.45, 7) is 4.82. The van der Waals surface area contributed by atoms with Crippen LogP contribution in [0.25, 0.3) is 0 Å². The molecule has 0 spiro atoms. The van der Waals surface area contributed by atoms with Gasteiger partial charge < -0.3 is 84.9 Å². The normalized spacial score (nSPS) is 15.2. The van der Waals surface area contributed by atoms with Gasteiger partial charge in [-0.2, -0.15) is 24.4 Å². The second kappa shape index (κ2) is 38.1. The first-order chi connectivity index (χ1) is 37.8. The largest absolute Gasteiger partial charge is 0.481 e. The molecule has 0 unspecified atom stereocenters. The lowest BCUT2D eigenvalue weighted by atomic mass is 9.97. The molecule has 0 aromatic heterocycles. The summed E-state index contributed by atoms with van der Waals surface area (Å²) in [4.78, 5) is 157. The van der Waals surface area contributed by atoms with Gasteiger partial charge in [0.15, 0.2) is 0 Å². The van der Waals surface area contributed by atoms with E-state index in [0.29, 0.717) is 17.7 Å². The Balaban J connectivity index is 3.44. The Hall–Kier alpha value is -6.60. The summed E-state index contributed by atoms with van der Waals surface area (Å²) in [5.74, 6) is -14.0. The van der Waals surface area contributed by atoms with Gasteiger partial charge in [-0.3, -0.25) is 52.7 Å². The standard InChI is InChI=1S/C50H81N11O17S2/c1-6-27(4)40(61-48(75)37(25-79)60-47(74)35(23-62)58-41(68)29(52)22-39(66)67)49(76)59-36(24-63)46(73)54-31(15-16-38(64)65)43(70)53-30(14-10-11-18-51)42(69)56-33(20-26(2)3)44(71)57-34(21-28-12-8-7-9-13-28)45(72)55-32(50(77)78)17-19-80-5/h7-9,12-13,26-27,29-37,40,62-63,79H,6,10-11,14-25,51-52H2,1-5H3,(H,53,70)(H,54,73)(H,55,72)(H,56,69)(H,57,71)(H,58,68)(H,59,76)(H,60,74)(H,61,75)(H,64,65)(H,66,67)(H,77,78)/t27-,29-,30-,31-,32-,33-,34-,35-,36-,37-,40-/m0/s1. The van der Waals surface area contributed by atoms with Crippen LogP contribution in [0.15, 0.2) is 30.3 Å². The van der Waals surface area contributed by atoms with Crippen molar-refractivity contribution in [1.29, 1.82) is 0 Å². The summed E-state index contributed by atoms with van der Waals surface area (Å²) in [5.41, 5.74) is 11.9. The van der Waals surface area contributed by atoms with E-state index in [1.165, 1.54) is 11.8 Å². The third kappa shape index (κ3) is 26.6. The number of thiol groups is 1. The number of carbonyl (C=O) groups is 12. The number of nitrogens with one attached hydrogen (secondary N) is 9. The Labute approximate surface area is 473 Å². The fourth-order valence-electron chi connectivity index (χ4n) is 7.55. The fraction of sp³-hybridized carbons (Fsp3) is 0.640. The predicted molar refractivity (Wildman–Crippen MR) is 295 cm³/mol. The van der Waals surface area contributed by atoms with Crippen molar-refractivity contribution in [3.05, 3.63) is 35.9 Å². The van der Waals surface area contributed by atoms with Crippen LogP contribution >= 0.6 is 24.4 Å². The molecular formula is C50H81N11O17S2. The van der Waals surface area contributed by atoms with Crippen molar-refractivity contribution >= 4 is 95.5 Å². The Morgan fingerprint density at radius 2 is 1.02 bits per heavy atom. The summed E-state index contributed by atoms with van der Waals surface area (Å²) in [6, 6.07) is -6.58. The van der Waals surface area contributed by atoms with Gasteiger partial charge in [-0.15, -0.1) is 0 Å². The van der Waals surface area contributed by atoms with E-state index in [4.69, 9.17) is 16.6 Å². The quantitative estimate of drug-likeness (QED) is 0.0222. The highest BCUT2D eigenvalue weighted by Gasteiger charge is 2.37. The van der Waals surface area contributed by atoms with E-state index in [1.54, 1.807) is 64.3 Å². The SMILES string of the molecule is CC[C@H](C)[C@H](NC(=O)[C@H](CS)NC(=O)[C@H](CO)NC(=O)[C@@H](N)CC(=O)O)C(=O)N[C@@H](CO)C(=O)N[C@@H](CCC(=O)O)C(=O)N[C@@H](CCCCN)C(=O)N[C@@H](CC(C)C)C(=O)N[C@@H](Cc1ccccc1)C(=O)N[C@@H](CCSC)C(=O)O. The minimum Gasteiger partial charge on any atom is -0.481 e. The number of thioether (sulfide) groups is 1. The van der Waals surface area contributed by atoms with Gasteiger partial charge in [-0.05, 0) is 74.5 Å². The molecule has 0 aliphatic carbocycles. The first-order valence-corrected chi connectivity index (χ1v) is 28.0. The molecule has 1 aromatic rings. The Kier molecular flexibility index (Phi) is 34.0. The number of carboxylic acid groups (broad SMARTS) is 3. The second-order valence-electron chi connectivity index (χ2n) is 19.3. The van der Waals surface area contributed by atoms with Gasteiger partial charge in [-0.1, -0.05) is 64.4 Å². The average molecular weight is 1170 g/mol. The van der Waals surface area contributed by atoms with E-state index in [2.05, 4.69) is 60.5 Å². The molecule has 28 nitrogen and oxygen atoms in total. The number of hydrogen-bond acceptors (Lipinski definition) is 18. The molecular weight excluding hydrogens is 1090 g/mol. The molecule has 0 aliphatic rings. The van der Waals surface area contributed by atoms with Crippen molar-refractivity contribution in [1.82, 2.24) is 47.9 Å². The van der Waals surface area contributed by atoms with E-state index >= 15 is 0 Å². The maximum atomic E-state index is 14.2. The molecule has 0 bridgehead atoms. The van der Waals surface area contributed by atoms with Crippen molar-refractivity contribution in [3.8, 4) is 0 Å². The lowest BCUT2D eigenvalue weighted by Gasteiger charge is -2.29. The molecule has 30 heteroatoms. The molecule has 0 saturated carbocycles. The van der Waals surface area contributed by atoms with E-state index < -0.39 is 176 Å². The number of carbonyl (C=O) groups excluding carboxylic acids is 9. The van der Waals surface area contributed by atoms with Crippen LogP contribution in [0, 0.1) is 11.8 Å². The number of unbranched alkanes of at least 4 members (excludes halogenated alkanes) is 1. The maximum absolute atomic E-state index is 14.2. The summed E-state index contributed by atoms with van der Waals surface area (Å²) < 4.78 is 0. The molecule has 0 saturated heterocycles. The lowest BCUT2D eigenvalue weighted by Crippen LogP contribution is -2.62. The van der Waals surface area contributed by atoms with Gasteiger partial charge in [-0.25, -0.2) is 4.79 Å². The Bertz CT molecular complexity index is 2230. The second-order valence-corrected chi connectivity index (χ2v) is 20.6. The zero-order valence-electron chi connectivity index (χ0n) is 45.6. The molecule has 11 atom stereocenters. The van der Waals surface area contributed by atoms with Gasteiger partial charge in [0, 0.05) is 18.6 Å². The third-order valence-electron chi connectivity index (χ3n) is 12.3. The number of hydrogen-bond donors (Lipinski definition) is 17. The van der Waals surface area contributed by atoms with E-state index in [1.807, 2.05) is 0 Å². The minimum absolute atomic E-state index is 0.0202. The van der Waals surface area contributed by atoms with Crippen molar-refractivity contribution in [2.24, 2.45) is 23.3 Å². The number of amides is 9. The number of aliphatic carboxylic acids is 3. The Morgan fingerprint density at radius 3 is 1.51 bits per heavy atom. The smallest absolute Gasteiger partial charge is 0.326 e. The van der Waals surface area contributed by atoms with Crippen LogP contribution < -0.4 is 59.3 Å². The highest BCUT2D eigenvalue weighted by molar-refractivity contribution is 7.98. The average Bonchev–Trinajstić information content (AvgIpc) is 3.41. The summed E-state index contributed by atoms with van der Waals surface area (Å²) in [6.07, 6.45) is 0.553. The summed E-state index contributed by atoms with van der Waals surface area (Å²) in [7, 11) is 0. The molecule has 80 heavy (non-hydrogen) atoms. The van der Waals surface area contributed by atoms with E-state index in [-0.39, 0.29) is 51.0 Å². The van der Waals surface area contributed by atoms with Crippen LogP contribution in [0.3, 0.4) is 0 Å². The van der Waals surface area contributed by atoms with Crippen molar-refractivity contribution in [3.63, 3.8) is 0 Å². The molecule has 450 valence electrons. The van der Waals surface area contributed by atoms with Crippen LogP contribution in [0.2, 0.25) is 0 Å². The summed E-state index contributed by atoms with van der Waals surface area (Å²) >= 11 is 5.47. The topological polar surface area (TPSA) is 466 Å². The molecule has 0 heterocycles. The van der Waals surface area contributed by atoms with Gasteiger partial charge in [0.05, 0.1) is 25.7 Å². The van der Waals surface area contributed by atoms with Crippen LogP contribution in [0.4, 0.5) is 0 Å². The molecule has 1 rings (SSSR count). The monoisotopic (exact) mass is 1170 g/mol.